The molecule has 5 heteroatoms. The molecule has 0 bridgehead atoms. The van der Waals surface area contributed by atoms with Crippen LogP contribution in [0, 0.1) is 17.2 Å². The molecule has 1 fully saturated rings. The van der Waals surface area contributed by atoms with Crippen LogP contribution in [0.4, 0.5) is 0 Å². The molecule has 0 atom stereocenters. The highest BCUT2D eigenvalue weighted by molar-refractivity contribution is 7.80. The van der Waals surface area contributed by atoms with E-state index in [1.807, 2.05) is 24.3 Å². The first-order valence-electron chi connectivity index (χ1n) is 9.25. The molecule has 1 aliphatic rings. The van der Waals surface area contributed by atoms with E-state index < -0.39 is 0 Å². The van der Waals surface area contributed by atoms with Gasteiger partial charge in [0.15, 0.2) is 11.3 Å². The zero-order valence-electron chi connectivity index (χ0n) is 15.4. The van der Waals surface area contributed by atoms with Gasteiger partial charge in [0, 0.05) is 17.0 Å². The maximum atomic E-state index is 8.84. The topological polar surface area (TPSA) is 51.5 Å². The van der Waals surface area contributed by atoms with Gasteiger partial charge in [0.1, 0.15) is 5.75 Å². The first-order chi connectivity index (χ1) is 13.2. The standard InChI is InChI=1S/C22H23NO3S/c1-2-3-4-17-14-24-21(25-15-17)18-7-9-19(10-8-18)22(27)26-20-11-5-16(13-23)6-12-20/h5-12,17,21H,2-4,14-15H2,1H3. The lowest BCUT2D eigenvalue weighted by molar-refractivity contribution is -0.206. The van der Waals surface area contributed by atoms with E-state index in [9.17, 15) is 0 Å². The molecule has 27 heavy (non-hydrogen) atoms. The predicted octanol–water partition coefficient (Wildman–Crippen LogP) is 5.16. The Balaban J connectivity index is 1.55. The number of nitrogens with zero attached hydrogens (tertiary/aromatic N) is 1. The molecular formula is C22H23NO3S. The highest BCUT2D eigenvalue weighted by Gasteiger charge is 2.23. The third kappa shape index (κ3) is 5.36. The van der Waals surface area contributed by atoms with Crippen molar-refractivity contribution in [3.8, 4) is 11.8 Å². The summed E-state index contributed by atoms with van der Waals surface area (Å²) in [6, 6.07) is 16.7. The number of nitriles is 1. The Kier molecular flexibility index (Phi) is 6.94. The van der Waals surface area contributed by atoms with E-state index in [4.69, 9.17) is 31.7 Å². The molecule has 2 aromatic rings. The van der Waals surface area contributed by atoms with Crippen LogP contribution in [0.2, 0.25) is 0 Å². The fourth-order valence-electron chi connectivity index (χ4n) is 2.93. The summed E-state index contributed by atoms with van der Waals surface area (Å²) >= 11 is 5.37. The van der Waals surface area contributed by atoms with Crippen LogP contribution in [0.25, 0.3) is 0 Å². The van der Waals surface area contributed by atoms with Crippen molar-refractivity contribution in [2.24, 2.45) is 5.92 Å². The van der Waals surface area contributed by atoms with E-state index in [0.717, 1.165) is 30.8 Å². The highest BCUT2D eigenvalue weighted by Crippen LogP contribution is 2.27. The molecule has 0 saturated carbocycles. The molecule has 0 N–H and O–H groups in total. The van der Waals surface area contributed by atoms with E-state index in [1.54, 1.807) is 24.3 Å². The van der Waals surface area contributed by atoms with Gasteiger partial charge in [-0.2, -0.15) is 5.26 Å². The monoisotopic (exact) mass is 381 g/mol. The number of unbranched alkanes of at least 4 members (excludes halogenated alkanes) is 1. The van der Waals surface area contributed by atoms with Gasteiger partial charge in [-0.25, -0.2) is 0 Å². The molecule has 4 nitrogen and oxygen atoms in total. The lowest BCUT2D eigenvalue weighted by Crippen LogP contribution is -2.27. The minimum atomic E-state index is -0.315. The van der Waals surface area contributed by atoms with Crippen molar-refractivity contribution in [3.63, 3.8) is 0 Å². The Labute approximate surface area is 165 Å². The Morgan fingerprint density at radius 2 is 1.78 bits per heavy atom. The Bertz CT molecular complexity index is 788. The van der Waals surface area contributed by atoms with Gasteiger partial charge in [-0.05, 0) is 55.0 Å². The van der Waals surface area contributed by atoms with Crippen molar-refractivity contribution in [2.45, 2.75) is 32.5 Å². The van der Waals surface area contributed by atoms with Gasteiger partial charge in [-0.15, -0.1) is 0 Å². The number of hydrogen-bond acceptors (Lipinski definition) is 5. The number of rotatable bonds is 6. The molecule has 140 valence electrons. The van der Waals surface area contributed by atoms with Crippen molar-refractivity contribution < 1.29 is 14.2 Å². The first kappa shape index (κ1) is 19.5. The fraction of sp³-hybridized carbons (Fsp3) is 0.364. The van der Waals surface area contributed by atoms with Crippen molar-refractivity contribution in [3.05, 3.63) is 65.2 Å². The first-order valence-corrected chi connectivity index (χ1v) is 9.66. The summed E-state index contributed by atoms with van der Waals surface area (Å²) in [4.78, 5) is 0. The van der Waals surface area contributed by atoms with Gasteiger partial charge in [0.25, 0.3) is 0 Å². The van der Waals surface area contributed by atoms with Crippen molar-refractivity contribution in [2.75, 3.05) is 13.2 Å². The third-order valence-electron chi connectivity index (χ3n) is 4.55. The van der Waals surface area contributed by atoms with Crippen LogP contribution >= 0.6 is 12.2 Å². The summed E-state index contributed by atoms with van der Waals surface area (Å²) in [6.07, 6.45) is 3.26. The summed E-state index contributed by atoms with van der Waals surface area (Å²) in [7, 11) is 0. The number of ether oxygens (including phenoxy) is 3. The largest absolute Gasteiger partial charge is 0.445 e. The van der Waals surface area contributed by atoms with E-state index in [1.165, 1.54) is 12.8 Å². The summed E-state index contributed by atoms with van der Waals surface area (Å²) in [6.45, 7) is 3.68. The summed E-state index contributed by atoms with van der Waals surface area (Å²) in [5, 5.41) is 9.22. The van der Waals surface area contributed by atoms with Crippen LogP contribution in [0.5, 0.6) is 5.75 Å². The summed E-state index contributed by atoms with van der Waals surface area (Å²) in [5.74, 6) is 1.11. The normalized spacial score (nSPS) is 19.3. The SMILES string of the molecule is CCCCC1COC(c2ccc(C(=S)Oc3ccc(C#N)cc3)cc2)OC1. The van der Waals surface area contributed by atoms with Crippen molar-refractivity contribution >= 4 is 17.3 Å². The second-order valence-electron chi connectivity index (χ2n) is 6.65. The minimum Gasteiger partial charge on any atom is -0.445 e. The average Bonchev–Trinajstić information content (AvgIpc) is 2.73. The van der Waals surface area contributed by atoms with E-state index in [2.05, 4.69) is 13.0 Å². The quantitative estimate of drug-likeness (QED) is 0.647. The molecule has 2 aromatic carbocycles. The molecular weight excluding hydrogens is 358 g/mol. The third-order valence-corrected chi connectivity index (χ3v) is 4.86. The number of thiocarbonyl (C=S) groups is 1. The van der Waals surface area contributed by atoms with Crippen LogP contribution in [-0.2, 0) is 9.47 Å². The maximum absolute atomic E-state index is 8.84. The minimum absolute atomic E-state index is 0.315. The lowest BCUT2D eigenvalue weighted by Gasteiger charge is -2.29. The van der Waals surface area contributed by atoms with Crippen LogP contribution in [0.3, 0.4) is 0 Å². The molecule has 0 amide bonds. The van der Waals surface area contributed by atoms with Crippen LogP contribution in [0.1, 0.15) is 49.2 Å². The fourth-order valence-corrected chi connectivity index (χ4v) is 3.17. The molecule has 1 saturated heterocycles. The Hall–Kier alpha value is -2.26. The molecule has 0 spiro atoms. The Morgan fingerprint density at radius 3 is 2.37 bits per heavy atom. The zero-order chi connectivity index (χ0) is 19.1. The lowest BCUT2D eigenvalue weighted by atomic mass is 10.0. The zero-order valence-corrected chi connectivity index (χ0v) is 16.2. The van der Waals surface area contributed by atoms with Crippen molar-refractivity contribution in [1.29, 1.82) is 5.26 Å². The van der Waals surface area contributed by atoms with Gasteiger partial charge < -0.3 is 14.2 Å². The molecule has 1 heterocycles. The maximum Gasteiger partial charge on any atom is 0.198 e. The van der Waals surface area contributed by atoms with Crippen LogP contribution in [-0.4, -0.2) is 18.3 Å². The second-order valence-corrected chi connectivity index (χ2v) is 7.03. The molecule has 0 aromatic heterocycles. The van der Waals surface area contributed by atoms with E-state index >= 15 is 0 Å². The predicted molar refractivity (Wildman–Crippen MR) is 108 cm³/mol. The van der Waals surface area contributed by atoms with Gasteiger partial charge >= 0.3 is 0 Å². The number of benzene rings is 2. The molecule has 3 rings (SSSR count). The summed E-state index contributed by atoms with van der Waals surface area (Å²) < 4.78 is 17.5. The highest BCUT2D eigenvalue weighted by atomic mass is 32.1. The van der Waals surface area contributed by atoms with E-state index in [0.29, 0.717) is 22.3 Å². The number of hydrogen-bond donors (Lipinski definition) is 0. The van der Waals surface area contributed by atoms with Gasteiger partial charge in [-0.3, -0.25) is 0 Å². The summed E-state index contributed by atoms with van der Waals surface area (Å²) in [5.41, 5.74) is 2.38. The van der Waals surface area contributed by atoms with Gasteiger partial charge in [0.05, 0.1) is 24.8 Å². The van der Waals surface area contributed by atoms with Crippen LogP contribution < -0.4 is 4.74 Å². The molecule has 1 aliphatic heterocycles. The Morgan fingerprint density at radius 1 is 1.11 bits per heavy atom. The van der Waals surface area contributed by atoms with Crippen LogP contribution in [0.15, 0.2) is 48.5 Å². The van der Waals surface area contributed by atoms with E-state index in [-0.39, 0.29) is 6.29 Å². The molecule has 0 radical (unpaired) electrons. The van der Waals surface area contributed by atoms with Gasteiger partial charge in [0.2, 0.25) is 0 Å². The average molecular weight is 381 g/mol. The molecule has 0 unspecified atom stereocenters. The van der Waals surface area contributed by atoms with Gasteiger partial charge in [-0.1, -0.05) is 31.9 Å². The smallest absolute Gasteiger partial charge is 0.198 e. The second kappa shape index (κ2) is 9.61. The van der Waals surface area contributed by atoms with Crippen molar-refractivity contribution in [1.82, 2.24) is 0 Å². The molecule has 0 aliphatic carbocycles.